The standard InChI is InChI=1S/C17H15BrFNO3/c1-22-13-5-7-16(23-2)11(9-13)3-8-17(21)20-15-6-4-12(18)10-14(15)19/h3-10H,1-2H3,(H,20,21)/b8-3+. The Hall–Kier alpha value is -2.34. The smallest absolute Gasteiger partial charge is 0.248 e. The van der Waals surface area contributed by atoms with Crippen molar-refractivity contribution in [1.29, 1.82) is 0 Å². The molecule has 0 radical (unpaired) electrons. The number of anilines is 1. The van der Waals surface area contributed by atoms with Gasteiger partial charge in [0.15, 0.2) is 0 Å². The first-order valence-corrected chi connectivity index (χ1v) is 7.49. The normalized spacial score (nSPS) is 10.6. The van der Waals surface area contributed by atoms with Gasteiger partial charge in [0, 0.05) is 16.1 Å². The van der Waals surface area contributed by atoms with Crippen LogP contribution in [0.15, 0.2) is 46.9 Å². The van der Waals surface area contributed by atoms with Gasteiger partial charge in [-0.15, -0.1) is 0 Å². The maximum Gasteiger partial charge on any atom is 0.248 e. The maximum atomic E-state index is 13.7. The second-order valence-electron chi connectivity index (χ2n) is 4.55. The van der Waals surface area contributed by atoms with Gasteiger partial charge in [-0.1, -0.05) is 15.9 Å². The average molecular weight is 380 g/mol. The molecule has 0 saturated heterocycles. The summed E-state index contributed by atoms with van der Waals surface area (Å²) in [5.74, 6) is 0.283. The van der Waals surface area contributed by atoms with Gasteiger partial charge in [0.05, 0.1) is 19.9 Å². The number of methoxy groups -OCH3 is 2. The Morgan fingerprint density at radius 3 is 2.61 bits per heavy atom. The van der Waals surface area contributed by atoms with E-state index < -0.39 is 11.7 Å². The monoisotopic (exact) mass is 379 g/mol. The van der Waals surface area contributed by atoms with Gasteiger partial charge in [-0.2, -0.15) is 0 Å². The molecular formula is C17H15BrFNO3. The number of hydrogen-bond donors (Lipinski definition) is 1. The highest BCUT2D eigenvalue weighted by atomic mass is 79.9. The highest BCUT2D eigenvalue weighted by Gasteiger charge is 2.06. The van der Waals surface area contributed by atoms with Gasteiger partial charge in [0.25, 0.3) is 0 Å². The number of amides is 1. The van der Waals surface area contributed by atoms with Gasteiger partial charge in [0.1, 0.15) is 17.3 Å². The summed E-state index contributed by atoms with van der Waals surface area (Å²) in [5, 5.41) is 2.48. The molecule has 120 valence electrons. The van der Waals surface area contributed by atoms with Gasteiger partial charge in [-0.05, 0) is 42.5 Å². The number of halogens is 2. The average Bonchev–Trinajstić information content (AvgIpc) is 2.55. The van der Waals surface area contributed by atoms with Crippen molar-refractivity contribution >= 4 is 33.6 Å². The van der Waals surface area contributed by atoms with Gasteiger partial charge in [-0.3, -0.25) is 4.79 Å². The summed E-state index contributed by atoms with van der Waals surface area (Å²) in [7, 11) is 3.09. The topological polar surface area (TPSA) is 47.6 Å². The highest BCUT2D eigenvalue weighted by molar-refractivity contribution is 9.10. The highest BCUT2D eigenvalue weighted by Crippen LogP contribution is 2.25. The lowest BCUT2D eigenvalue weighted by atomic mass is 10.1. The van der Waals surface area contributed by atoms with Gasteiger partial charge in [0.2, 0.25) is 5.91 Å². The number of ether oxygens (including phenoxy) is 2. The molecule has 0 spiro atoms. The van der Waals surface area contributed by atoms with Crippen LogP contribution in [-0.4, -0.2) is 20.1 Å². The summed E-state index contributed by atoms with van der Waals surface area (Å²) in [6.07, 6.45) is 2.88. The first-order chi connectivity index (χ1) is 11.0. The zero-order valence-corrected chi connectivity index (χ0v) is 14.2. The quantitative estimate of drug-likeness (QED) is 0.789. The van der Waals surface area contributed by atoms with Gasteiger partial charge in [-0.25, -0.2) is 4.39 Å². The van der Waals surface area contributed by atoms with Crippen LogP contribution in [0.5, 0.6) is 11.5 Å². The summed E-state index contributed by atoms with van der Waals surface area (Å²) in [6.45, 7) is 0. The van der Waals surface area contributed by atoms with E-state index in [1.807, 2.05) is 0 Å². The molecule has 0 unspecified atom stereocenters. The molecule has 0 aromatic heterocycles. The Bertz CT molecular complexity index is 747. The largest absolute Gasteiger partial charge is 0.497 e. The van der Waals surface area contributed by atoms with E-state index in [2.05, 4.69) is 21.2 Å². The lowest BCUT2D eigenvalue weighted by molar-refractivity contribution is -0.111. The Balaban J connectivity index is 2.14. The summed E-state index contributed by atoms with van der Waals surface area (Å²) < 4.78 is 24.7. The minimum absolute atomic E-state index is 0.112. The third-order valence-corrected chi connectivity index (χ3v) is 3.53. The predicted molar refractivity (Wildman–Crippen MR) is 91.3 cm³/mol. The Morgan fingerprint density at radius 1 is 1.17 bits per heavy atom. The van der Waals surface area contributed by atoms with Crippen molar-refractivity contribution in [1.82, 2.24) is 0 Å². The van der Waals surface area contributed by atoms with Crippen molar-refractivity contribution in [3.05, 3.63) is 58.3 Å². The van der Waals surface area contributed by atoms with Crippen molar-refractivity contribution in [3.63, 3.8) is 0 Å². The molecule has 0 fully saturated rings. The van der Waals surface area contributed by atoms with Crippen LogP contribution in [-0.2, 0) is 4.79 Å². The van der Waals surface area contributed by atoms with Crippen LogP contribution in [0.4, 0.5) is 10.1 Å². The van der Waals surface area contributed by atoms with E-state index in [1.54, 1.807) is 37.5 Å². The molecule has 0 aliphatic rings. The molecule has 4 nitrogen and oxygen atoms in total. The van der Waals surface area contributed by atoms with Crippen LogP contribution in [0.3, 0.4) is 0 Å². The van der Waals surface area contributed by atoms with Gasteiger partial charge < -0.3 is 14.8 Å². The molecule has 23 heavy (non-hydrogen) atoms. The van der Waals surface area contributed by atoms with Crippen molar-refractivity contribution in [2.24, 2.45) is 0 Å². The Kier molecular flexibility index (Phi) is 5.76. The molecule has 2 aromatic rings. The van der Waals surface area contributed by atoms with Crippen molar-refractivity contribution in [2.45, 2.75) is 0 Å². The summed E-state index contributed by atoms with van der Waals surface area (Å²) in [4.78, 5) is 11.9. The second-order valence-corrected chi connectivity index (χ2v) is 5.47. The van der Waals surface area contributed by atoms with Crippen LogP contribution in [0.2, 0.25) is 0 Å². The van der Waals surface area contributed by atoms with Crippen molar-refractivity contribution in [3.8, 4) is 11.5 Å². The molecule has 0 bridgehead atoms. The summed E-state index contributed by atoms with van der Waals surface area (Å²) >= 11 is 3.16. The zero-order chi connectivity index (χ0) is 16.8. The van der Waals surface area contributed by atoms with Crippen LogP contribution >= 0.6 is 15.9 Å². The number of carbonyl (C=O) groups is 1. The molecule has 2 aromatic carbocycles. The first-order valence-electron chi connectivity index (χ1n) is 6.69. The Labute approximate surface area is 142 Å². The number of rotatable bonds is 5. The zero-order valence-electron chi connectivity index (χ0n) is 12.6. The van der Waals surface area contributed by atoms with E-state index in [0.717, 1.165) is 0 Å². The first kappa shape index (κ1) is 17.0. The van der Waals surface area contributed by atoms with Crippen LogP contribution in [0, 0.1) is 5.82 Å². The number of hydrogen-bond acceptors (Lipinski definition) is 3. The summed E-state index contributed by atoms with van der Waals surface area (Å²) in [6, 6.07) is 9.65. The van der Waals surface area contributed by atoms with E-state index in [1.165, 1.54) is 25.3 Å². The third-order valence-electron chi connectivity index (χ3n) is 3.04. The molecule has 0 aliphatic heterocycles. The number of nitrogens with one attached hydrogen (secondary N) is 1. The fourth-order valence-electron chi connectivity index (χ4n) is 1.90. The predicted octanol–water partition coefficient (Wildman–Crippen LogP) is 4.26. The molecule has 6 heteroatoms. The van der Waals surface area contributed by atoms with E-state index in [9.17, 15) is 9.18 Å². The molecule has 0 saturated carbocycles. The van der Waals surface area contributed by atoms with E-state index >= 15 is 0 Å². The third kappa shape index (κ3) is 4.56. The molecule has 0 atom stereocenters. The fourth-order valence-corrected chi connectivity index (χ4v) is 2.23. The van der Waals surface area contributed by atoms with Gasteiger partial charge >= 0.3 is 0 Å². The lowest BCUT2D eigenvalue weighted by Crippen LogP contribution is -2.09. The lowest BCUT2D eigenvalue weighted by Gasteiger charge is -2.07. The van der Waals surface area contributed by atoms with Crippen LogP contribution in [0.1, 0.15) is 5.56 Å². The van der Waals surface area contributed by atoms with Crippen molar-refractivity contribution < 1.29 is 18.7 Å². The Morgan fingerprint density at radius 2 is 1.96 bits per heavy atom. The molecule has 0 aliphatic carbocycles. The minimum atomic E-state index is -0.514. The van der Waals surface area contributed by atoms with Crippen molar-refractivity contribution in [2.75, 3.05) is 19.5 Å². The second kappa shape index (κ2) is 7.78. The minimum Gasteiger partial charge on any atom is -0.497 e. The SMILES string of the molecule is COc1ccc(OC)c(/C=C/C(=O)Nc2ccc(Br)cc2F)c1. The summed E-state index contributed by atoms with van der Waals surface area (Å²) in [5.41, 5.74) is 0.790. The van der Waals surface area contributed by atoms with Crippen LogP contribution in [0.25, 0.3) is 6.08 Å². The maximum absolute atomic E-state index is 13.7. The van der Waals surface area contributed by atoms with Crippen LogP contribution < -0.4 is 14.8 Å². The molecule has 0 heterocycles. The van der Waals surface area contributed by atoms with E-state index in [0.29, 0.717) is 21.5 Å². The molecule has 2 rings (SSSR count). The molecular weight excluding hydrogens is 365 g/mol. The number of benzene rings is 2. The number of carbonyl (C=O) groups excluding carboxylic acids is 1. The van der Waals surface area contributed by atoms with E-state index in [-0.39, 0.29) is 5.69 Å². The fraction of sp³-hybridized carbons (Fsp3) is 0.118. The van der Waals surface area contributed by atoms with E-state index in [4.69, 9.17) is 9.47 Å². The molecule has 1 amide bonds. The molecule has 1 N–H and O–H groups in total.